The topological polar surface area (TPSA) is 61.8 Å². The Morgan fingerprint density at radius 3 is 2.72 bits per heavy atom. The highest BCUT2D eigenvalue weighted by Gasteiger charge is 2.27. The van der Waals surface area contributed by atoms with E-state index in [1.54, 1.807) is 0 Å². The molecule has 0 bridgehead atoms. The highest BCUT2D eigenvalue weighted by atomic mass is 16.6. The molecule has 1 aliphatic heterocycles. The summed E-state index contributed by atoms with van der Waals surface area (Å²) in [7, 11) is 0. The van der Waals surface area contributed by atoms with Crippen LogP contribution in [0.3, 0.4) is 0 Å². The second-order valence-electron chi connectivity index (χ2n) is 6.92. The van der Waals surface area contributed by atoms with Gasteiger partial charge in [0.05, 0.1) is 0 Å². The van der Waals surface area contributed by atoms with Crippen molar-refractivity contribution < 1.29 is 14.6 Å². The number of amides is 1. The number of aliphatic hydroxyl groups excluding tert-OH is 1. The number of carbonyl (C=O) groups is 1. The quantitative estimate of drug-likeness (QED) is 0.672. The highest BCUT2D eigenvalue weighted by Crippen LogP contribution is 2.22. The molecule has 140 valence electrons. The minimum Gasteiger partial charge on any atom is -0.446 e. The summed E-state index contributed by atoms with van der Waals surface area (Å²) < 4.78 is 5.57. The van der Waals surface area contributed by atoms with Crippen molar-refractivity contribution in [1.82, 2.24) is 10.2 Å². The molecule has 2 unspecified atom stereocenters. The third-order valence-corrected chi connectivity index (χ3v) is 4.82. The third-order valence-electron chi connectivity index (χ3n) is 4.82. The van der Waals surface area contributed by atoms with Crippen molar-refractivity contribution in [3.63, 3.8) is 0 Å². The maximum Gasteiger partial charge on any atom is 0.407 e. The van der Waals surface area contributed by atoms with E-state index >= 15 is 0 Å². The zero-order valence-electron chi connectivity index (χ0n) is 15.3. The van der Waals surface area contributed by atoms with Gasteiger partial charge in [0.25, 0.3) is 0 Å². The van der Waals surface area contributed by atoms with E-state index < -0.39 is 0 Å². The number of ether oxygens (including phenoxy) is 1. The Hall–Kier alpha value is -1.59. The van der Waals surface area contributed by atoms with Crippen LogP contribution in [0.2, 0.25) is 0 Å². The first-order valence-electron chi connectivity index (χ1n) is 9.52. The van der Waals surface area contributed by atoms with E-state index in [9.17, 15) is 4.79 Å². The maximum absolute atomic E-state index is 11.9. The third kappa shape index (κ3) is 7.45. The Kier molecular flexibility index (Phi) is 8.77. The number of carbonyl (C=O) groups excluding carboxylic acids is 1. The van der Waals surface area contributed by atoms with Crippen molar-refractivity contribution in [3.05, 3.63) is 35.9 Å². The van der Waals surface area contributed by atoms with Crippen molar-refractivity contribution in [2.75, 3.05) is 19.7 Å². The van der Waals surface area contributed by atoms with Crippen LogP contribution in [0.15, 0.2) is 30.3 Å². The van der Waals surface area contributed by atoms with Crippen molar-refractivity contribution in [2.24, 2.45) is 0 Å². The van der Waals surface area contributed by atoms with E-state index in [2.05, 4.69) is 41.4 Å². The molecule has 1 aromatic carbocycles. The number of nitrogens with one attached hydrogen (secondary N) is 1. The predicted octanol–water partition coefficient (Wildman–Crippen LogP) is 3.32. The van der Waals surface area contributed by atoms with Gasteiger partial charge in [-0.05, 0) is 38.2 Å². The van der Waals surface area contributed by atoms with E-state index in [4.69, 9.17) is 9.84 Å². The zero-order valence-corrected chi connectivity index (χ0v) is 15.3. The van der Waals surface area contributed by atoms with Gasteiger partial charge in [0.1, 0.15) is 6.10 Å². The van der Waals surface area contributed by atoms with Crippen LogP contribution in [0.25, 0.3) is 0 Å². The summed E-state index contributed by atoms with van der Waals surface area (Å²) in [5.74, 6) is 0. The number of likely N-dealkylation sites (tertiary alicyclic amines) is 1. The average Bonchev–Trinajstić information content (AvgIpc) is 2.61. The van der Waals surface area contributed by atoms with Gasteiger partial charge in [-0.15, -0.1) is 0 Å². The number of hydrogen-bond donors (Lipinski definition) is 2. The lowest BCUT2D eigenvalue weighted by atomic mass is 10.00. The van der Waals surface area contributed by atoms with Gasteiger partial charge in [0.2, 0.25) is 0 Å². The first-order chi connectivity index (χ1) is 12.2. The lowest BCUT2D eigenvalue weighted by Gasteiger charge is -2.37. The molecule has 0 aromatic heterocycles. The fourth-order valence-electron chi connectivity index (χ4n) is 3.31. The number of piperidine rings is 1. The summed E-state index contributed by atoms with van der Waals surface area (Å²) in [6, 6.07) is 10.9. The summed E-state index contributed by atoms with van der Waals surface area (Å²) in [6.45, 7) is 5.00. The summed E-state index contributed by atoms with van der Waals surface area (Å²) in [5.41, 5.74) is 1.33. The van der Waals surface area contributed by atoms with Gasteiger partial charge in [-0.25, -0.2) is 4.79 Å². The van der Waals surface area contributed by atoms with Crippen molar-refractivity contribution >= 4 is 6.09 Å². The molecule has 5 heteroatoms. The number of aliphatic hydroxyl groups is 1. The summed E-state index contributed by atoms with van der Waals surface area (Å²) in [5, 5.41) is 11.6. The van der Waals surface area contributed by atoms with Gasteiger partial charge in [0.15, 0.2) is 0 Å². The molecule has 2 rings (SSSR count). The maximum atomic E-state index is 11.9. The lowest BCUT2D eigenvalue weighted by Crippen LogP contribution is -2.44. The summed E-state index contributed by atoms with van der Waals surface area (Å²) >= 11 is 0. The molecule has 1 saturated heterocycles. The van der Waals surface area contributed by atoms with Gasteiger partial charge in [-0.2, -0.15) is 0 Å². The average molecular weight is 348 g/mol. The molecule has 1 amide bonds. The highest BCUT2D eigenvalue weighted by molar-refractivity contribution is 5.67. The number of benzene rings is 1. The van der Waals surface area contributed by atoms with Crippen LogP contribution in [0.1, 0.15) is 51.0 Å². The van der Waals surface area contributed by atoms with Crippen LogP contribution < -0.4 is 5.32 Å². The lowest BCUT2D eigenvalue weighted by molar-refractivity contribution is 0.0247. The number of rotatable bonds is 9. The standard InChI is InChI=1S/C20H32N2O3/c1-17-15-19(25-20(24)21-12-7-2-3-8-14-23)11-13-22(17)16-18-9-5-4-6-10-18/h4-6,9-10,17,19,23H,2-3,7-8,11-16H2,1H3,(H,21,24). The molecule has 1 heterocycles. The smallest absolute Gasteiger partial charge is 0.407 e. The first kappa shape index (κ1) is 19.7. The molecule has 1 aliphatic rings. The van der Waals surface area contributed by atoms with Crippen LogP contribution in [0.4, 0.5) is 4.79 Å². The van der Waals surface area contributed by atoms with E-state index in [1.807, 2.05) is 6.07 Å². The van der Waals surface area contributed by atoms with Gasteiger partial charge in [-0.1, -0.05) is 43.2 Å². The Morgan fingerprint density at radius 1 is 1.24 bits per heavy atom. The Labute approximate surface area is 151 Å². The fourth-order valence-corrected chi connectivity index (χ4v) is 3.31. The number of unbranched alkanes of at least 4 members (excludes halogenated alkanes) is 3. The van der Waals surface area contributed by atoms with Crippen LogP contribution >= 0.6 is 0 Å². The second kappa shape index (κ2) is 11.1. The second-order valence-corrected chi connectivity index (χ2v) is 6.92. The molecule has 2 atom stereocenters. The van der Waals surface area contributed by atoms with E-state index in [0.717, 1.165) is 51.6 Å². The molecule has 0 spiro atoms. The normalized spacial score (nSPS) is 21.0. The Bertz CT molecular complexity index is 495. The van der Waals surface area contributed by atoms with Gasteiger partial charge >= 0.3 is 6.09 Å². The molecule has 5 nitrogen and oxygen atoms in total. The van der Waals surface area contributed by atoms with E-state index in [1.165, 1.54) is 5.56 Å². The number of hydrogen-bond acceptors (Lipinski definition) is 4. The minimum atomic E-state index is -0.295. The zero-order chi connectivity index (χ0) is 17.9. The van der Waals surface area contributed by atoms with Crippen LogP contribution in [-0.2, 0) is 11.3 Å². The Morgan fingerprint density at radius 2 is 2.00 bits per heavy atom. The summed E-state index contributed by atoms with van der Waals surface area (Å²) in [6.07, 6.45) is 5.29. The minimum absolute atomic E-state index is 0.0106. The fraction of sp³-hybridized carbons (Fsp3) is 0.650. The van der Waals surface area contributed by atoms with Crippen LogP contribution in [-0.4, -0.2) is 47.9 Å². The molecule has 0 radical (unpaired) electrons. The molecule has 2 N–H and O–H groups in total. The monoisotopic (exact) mass is 348 g/mol. The SMILES string of the molecule is CC1CC(OC(=O)NCCCCCCO)CCN1Cc1ccccc1. The van der Waals surface area contributed by atoms with Crippen molar-refractivity contribution in [2.45, 2.75) is 64.1 Å². The van der Waals surface area contributed by atoms with Crippen LogP contribution in [0.5, 0.6) is 0 Å². The molecule has 25 heavy (non-hydrogen) atoms. The Balaban J connectivity index is 1.62. The molecule has 1 fully saturated rings. The largest absolute Gasteiger partial charge is 0.446 e. The van der Waals surface area contributed by atoms with Gasteiger partial charge in [-0.3, -0.25) is 4.90 Å². The van der Waals surface area contributed by atoms with E-state index in [0.29, 0.717) is 12.6 Å². The molecular formula is C20H32N2O3. The predicted molar refractivity (Wildman–Crippen MR) is 99.4 cm³/mol. The van der Waals surface area contributed by atoms with E-state index in [-0.39, 0.29) is 18.8 Å². The van der Waals surface area contributed by atoms with Crippen molar-refractivity contribution in [1.29, 1.82) is 0 Å². The number of nitrogens with zero attached hydrogens (tertiary/aromatic N) is 1. The first-order valence-corrected chi connectivity index (χ1v) is 9.52. The molecule has 0 aliphatic carbocycles. The molecule has 0 saturated carbocycles. The molecule has 1 aromatic rings. The molecular weight excluding hydrogens is 316 g/mol. The van der Waals surface area contributed by atoms with Gasteiger partial charge < -0.3 is 15.2 Å². The van der Waals surface area contributed by atoms with Crippen molar-refractivity contribution in [3.8, 4) is 0 Å². The van der Waals surface area contributed by atoms with Crippen LogP contribution in [0, 0.1) is 0 Å². The number of alkyl carbamates (subject to hydrolysis) is 1. The summed E-state index contributed by atoms with van der Waals surface area (Å²) in [4.78, 5) is 14.3. The van der Waals surface area contributed by atoms with Gasteiger partial charge in [0, 0.05) is 32.3 Å².